The zero-order valence-electron chi connectivity index (χ0n) is 12.6. The smallest absolute Gasteiger partial charge is 0.203 e. The van der Waals surface area contributed by atoms with Crippen LogP contribution in [0.25, 0.3) is 0 Å². The number of aromatic nitrogens is 2. The monoisotopic (exact) mass is 291 g/mol. The molecule has 0 saturated heterocycles. The number of ether oxygens (including phenoxy) is 3. The van der Waals surface area contributed by atoms with Crippen molar-refractivity contribution in [1.82, 2.24) is 15.3 Å². The van der Waals surface area contributed by atoms with E-state index in [1.165, 1.54) is 0 Å². The minimum atomic E-state index is 0.618. The fourth-order valence-corrected chi connectivity index (χ4v) is 2.17. The highest BCUT2D eigenvalue weighted by Crippen LogP contribution is 2.39. The van der Waals surface area contributed by atoms with Crippen molar-refractivity contribution in [3.05, 3.63) is 35.9 Å². The van der Waals surface area contributed by atoms with Crippen molar-refractivity contribution in [1.29, 1.82) is 0 Å². The second-order valence-corrected chi connectivity index (χ2v) is 4.50. The van der Waals surface area contributed by atoms with Crippen LogP contribution >= 0.6 is 0 Å². The van der Waals surface area contributed by atoms with Crippen molar-refractivity contribution in [3.8, 4) is 17.2 Å². The van der Waals surface area contributed by atoms with Gasteiger partial charge >= 0.3 is 0 Å². The molecule has 6 heteroatoms. The van der Waals surface area contributed by atoms with E-state index in [1.807, 2.05) is 18.3 Å². The van der Waals surface area contributed by atoms with E-state index in [4.69, 9.17) is 14.2 Å². The van der Waals surface area contributed by atoms with Gasteiger partial charge in [0.1, 0.15) is 0 Å². The quantitative estimate of drug-likeness (QED) is 0.725. The van der Waals surface area contributed by atoms with Crippen molar-refractivity contribution in [2.75, 3.05) is 27.9 Å². The Bertz CT molecular complexity index is 556. The van der Waals surface area contributed by atoms with Crippen LogP contribution in [0.4, 0.5) is 0 Å². The second kappa shape index (κ2) is 7.54. The average Bonchev–Trinajstić information content (AvgIpc) is 3.03. The summed E-state index contributed by atoms with van der Waals surface area (Å²) in [6.07, 6.45) is 4.42. The van der Waals surface area contributed by atoms with Gasteiger partial charge in [-0.05, 0) is 6.07 Å². The number of hydrogen-bond acceptors (Lipinski definition) is 5. The summed E-state index contributed by atoms with van der Waals surface area (Å²) in [7, 11) is 4.85. The van der Waals surface area contributed by atoms with Crippen LogP contribution in [0.5, 0.6) is 17.2 Å². The molecule has 2 rings (SSSR count). The van der Waals surface area contributed by atoms with E-state index in [-0.39, 0.29) is 0 Å². The number of nitrogens with zero attached hydrogens (tertiary/aromatic N) is 1. The maximum atomic E-state index is 5.45. The maximum Gasteiger partial charge on any atom is 0.203 e. The Morgan fingerprint density at radius 2 is 1.90 bits per heavy atom. The molecule has 0 aliphatic rings. The Labute approximate surface area is 124 Å². The Kier molecular flexibility index (Phi) is 5.45. The molecule has 0 spiro atoms. The molecular weight excluding hydrogens is 270 g/mol. The van der Waals surface area contributed by atoms with Gasteiger partial charge in [-0.1, -0.05) is 6.07 Å². The summed E-state index contributed by atoms with van der Waals surface area (Å²) in [6.45, 7) is 1.54. The Balaban J connectivity index is 1.99. The zero-order chi connectivity index (χ0) is 15.1. The number of methoxy groups -OCH3 is 3. The molecule has 0 radical (unpaired) electrons. The van der Waals surface area contributed by atoms with Crippen LogP contribution in [0, 0.1) is 0 Å². The van der Waals surface area contributed by atoms with Crippen molar-refractivity contribution in [2.24, 2.45) is 0 Å². The summed E-state index contributed by atoms with van der Waals surface area (Å²) >= 11 is 0. The van der Waals surface area contributed by atoms with Gasteiger partial charge in [0.2, 0.25) is 5.75 Å². The highest BCUT2D eigenvalue weighted by atomic mass is 16.5. The largest absolute Gasteiger partial charge is 0.493 e. The van der Waals surface area contributed by atoms with Crippen molar-refractivity contribution in [3.63, 3.8) is 0 Å². The van der Waals surface area contributed by atoms with E-state index in [1.54, 1.807) is 27.7 Å². The van der Waals surface area contributed by atoms with Crippen LogP contribution in [0.2, 0.25) is 0 Å². The molecule has 1 aromatic heterocycles. The van der Waals surface area contributed by atoms with E-state index >= 15 is 0 Å². The normalized spacial score (nSPS) is 10.4. The molecule has 0 amide bonds. The Morgan fingerprint density at radius 3 is 2.52 bits per heavy atom. The van der Waals surface area contributed by atoms with Crippen LogP contribution < -0.4 is 19.5 Å². The molecule has 0 saturated carbocycles. The first kappa shape index (κ1) is 15.2. The number of rotatable bonds is 8. The zero-order valence-corrected chi connectivity index (χ0v) is 12.6. The predicted octanol–water partition coefficient (Wildman–Crippen LogP) is 1.77. The molecule has 1 heterocycles. The third kappa shape index (κ3) is 3.66. The molecule has 2 N–H and O–H groups in total. The van der Waals surface area contributed by atoms with Crippen molar-refractivity contribution in [2.45, 2.75) is 13.0 Å². The molecule has 0 bridgehead atoms. The third-order valence-corrected chi connectivity index (χ3v) is 3.23. The highest BCUT2D eigenvalue weighted by Gasteiger charge is 2.15. The van der Waals surface area contributed by atoms with Gasteiger partial charge in [0, 0.05) is 37.0 Å². The van der Waals surface area contributed by atoms with E-state index < -0.39 is 0 Å². The van der Waals surface area contributed by atoms with Gasteiger partial charge < -0.3 is 24.5 Å². The van der Waals surface area contributed by atoms with Crippen LogP contribution in [-0.2, 0) is 13.0 Å². The van der Waals surface area contributed by atoms with Gasteiger partial charge in [0.25, 0.3) is 0 Å². The molecule has 0 aliphatic carbocycles. The fraction of sp³-hybridized carbons (Fsp3) is 0.400. The minimum absolute atomic E-state index is 0.618. The number of nitrogens with one attached hydrogen (secondary N) is 2. The summed E-state index contributed by atoms with van der Waals surface area (Å²) < 4.78 is 16.1. The molecule has 6 nitrogen and oxygen atoms in total. The van der Waals surface area contributed by atoms with Crippen LogP contribution in [0.15, 0.2) is 24.7 Å². The molecule has 0 atom stereocenters. The van der Waals surface area contributed by atoms with Crippen LogP contribution in [0.1, 0.15) is 11.3 Å². The van der Waals surface area contributed by atoms with Gasteiger partial charge in [-0.2, -0.15) is 0 Å². The molecule has 114 valence electrons. The molecular formula is C15H21N3O3. The lowest BCUT2D eigenvalue weighted by atomic mass is 10.1. The summed E-state index contributed by atoms with van der Waals surface area (Å²) in [5.74, 6) is 1.98. The van der Waals surface area contributed by atoms with Gasteiger partial charge in [-0.25, -0.2) is 4.98 Å². The van der Waals surface area contributed by atoms with E-state index in [0.717, 1.165) is 24.2 Å². The minimum Gasteiger partial charge on any atom is -0.493 e. The average molecular weight is 291 g/mol. The maximum absolute atomic E-state index is 5.45. The molecule has 0 fully saturated rings. The van der Waals surface area contributed by atoms with E-state index in [9.17, 15) is 0 Å². The SMILES string of the molecule is COc1ccc(CNCCc2cnc[nH]2)c(OC)c1OC. The number of imidazole rings is 1. The van der Waals surface area contributed by atoms with Gasteiger partial charge in [-0.3, -0.25) is 0 Å². The number of H-pyrrole nitrogens is 1. The lowest BCUT2D eigenvalue weighted by Gasteiger charge is -2.16. The third-order valence-electron chi connectivity index (χ3n) is 3.23. The molecule has 21 heavy (non-hydrogen) atoms. The van der Waals surface area contributed by atoms with Crippen LogP contribution in [0.3, 0.4) is 0 Å². The summed E-state index contributed by atoms with van der Waals surface area (Å²) in [5, 5.41) is 3.38. The fourth-order valence-electron chi connectivity index (χ4n) is 2.17. The number of benzene rings is 1. The highest BCUT2D eigenvalue weighted by molar-refractivity contribution is 5.55. The lowest BCUT2D eigenvalue weighted by molar-refractivity contribution is 0.321. The topological polar surface area (TPSA) is 68.4 Å². The second-order valence-electron chi connectivity index (χ2n) is 4.50. The standard InChI is InChI=1S/C15H21N3O3/c1-19-13-5-4-11(14(20-2)15(13)21-3)8-16-7-6-12-9-17-10-18-12/h4-5,9-10,16H,6-8H2,1-3H3,(H,17,18). The first-order valence-corrected chi connectivity index (χ1v) is 6.76. The Morgan fingerprint density at radius 1 is 1.10 bits per heavy atom. The van der Waals surface area contributed by atoms with Crippen LogP contribution in [-0.4, -0.2) is 37.8 Å². The van der Waals surface area contributed by atoms with Gasteiger partial charge in [0.05, 0.1) is 27.7 Å². The van der Waals surface area contributed by atoms with Gasteiger partial charge in [-0.15, -0.1) is 0 Å². The van der Waals surface area contributed by atoms with E-state index in [0.29, 0.717) is 23.8 Å². The van der Waals surface area contributed by atoms with Crippen molar-refractivity contribution >= 4 is 0 Å². The first-order valence-electron chi connectivity index (χ1n) is 6.76. The first-order chi connectivity index (χ1) is 10.3. The summed E-state index contributed by atoms with van der Waals surface area (Å²) in [4.78, 5) is 7.07. The molecule has 2 aromatic rings. The predicted molar refractivity (Wildman–Crippen MR) is 80.1 cm³/mol. The van der Waals surface area contributed by atoms with Gasteiger partial charge in [0.15, 0.2) is 11.5 Å². The summed E-state index contributed by atoms with van der Waals surface area (Å²) in [6, 6.07) is 3.86. The molecule has 1 aromatic carbocycles. The molecule has 0 unspecified atom stereocenters. The number of aromatic amines is 1. The lowest BCUT2D eigenvalue weighted by Crippen LogP contribution is -2.17. The van der Waals surface area contributed by atoms with E-state index in [2.05, 4.69) is 15.3 Å². The Hall–Kier alpha value is -2.21. The molecule has 0 aliphatic heterocycles. The summed E-state index contributed by atoms with van der Waals surface area (Å²) in [5.41, 5.74) is 2.14. The number of hydrogen-bond donors (Lipinski definition) is 2. The van der Waals surface area contributed by atoms with Crippen molar-refractivity contribution < 1.29 is 14.2 Å².